The quantitative estimate of drug-likeness (QED) is 0.811. The van der Waals surface area contributed by atoms with Gasteiger partial charge in [-0.2, -0.15) is 0 Å². The Morgan fingerprint density at radius 3 is 2.33 bits per heavy atom. The van der Waals surface area contributed by atoms with Crippen LogP contribution in [0.15, 0.2) is 42.5 Å². The number of carbonyl (C=O) groups excluding carboxylic acids is 2. The molecule has 5 nitrogen and oxygen atoms in total. The summed E-state index contributed by atoms with van der Waals surface area (Å²) in [5.41, 5.74) is 6.76. The van der Waals surface area contributed by atoms with Gasteiger partial charge < -0.3 is 16.4 Å². The number of rotatable bonds is 3. The summed E-state index contributed by atoms with van der Waals surface area (Å²) < 4.78 is 13.6. The minimum absolute atomic E-state index is 0.124. The normalized spacial score (nSPS) is 10.0. The van der Waals surface area contributed by atoms with Gasteiger partial charge in [0.05, 0.1) is 5.69 Å². The molecule has 0 heterocycles. The average molecular weight is 287 g/mol. The van der Waals surface area contributed by atoms with Crippen LogP contribution in [0.3, 0.4) is 0 Å². The van der Waals surface area contributed by atoms with Gasteiger partial charge in [-0.3, -0.25) is 4.79 Å². The van der Waals surface area contributed by atoms with Gasteiger partial charge in [-0.1, -0.05) is 6.07 Å². The van der Waals surface area contributed by atoms with Gasteiger partial charge in [0.1, 0.15) is 5.82 Å². The number of urea groups is 1. The zero-order valence-electron chi connectivity index (χ0n) is 11.3. The number of aryl methyl sites for hydroxylation is 1. The smallest absolute Gasteiger partial charge is 0.316 e. The highest BCUT2D eigenvalue weighted by Gasteiger charge is 2.09. The maximum absolute atomic E-state index is 13.6. The molecule has 21 heavy (non-hydrogen) atoms. The number of benzene rings is 2. The number of primary amides is 1. The molecular weight excluding hydrogens is 273 g/mol. The lowest BCUT2D eigenvalue weighted by Crippen LogP contribution is -2.19. The van der Waals surface area contributed by atoms with Crippen molar-refractivity contribution in [3.63, 3.8) is 0 Å². The number of hydrogen-bond donors (Lipinski definition) is 3. The van der Waals surface area contributed by atoms with Crippen molar-refractivity contribution < 1.29 is 14.0 Å². The lowest BCUT2D eigenvalue weighted by Gasteiger charge is -2.08. The Bertz CT molecular complexity index is 684. The zero-order valence-corrected chi connectivity index (χ0v) is 11.3. The molecule has 6 heteroatoms. The fourth-order valence-corrected chi connectivity index (χ4v) is 1.78. The fourth-order valence-electron chi connectivity index (χ4n) is 1.78. The number of carbonyl (C=O) groups is 2. The molecule has 0 bridgehead atoms. The van der Waals surface area contributed by atoms with Gasteiger partial charge in [-0.05, 0) is 48.9 Å². The van der Waals surface area contributed by atoms with E-state index in [-0.39, 0.29) is 5.69 Å². The maximum atomic E-state index is 13.6. The maximum Gasteiger partial charge on any atom is 0.316 e. The second-order valence-corrected chi connectivity index (χ2v) is 4.50. The predicted molar refractivity (Wildman–Crippen MR) is 78.7 cm³/mol. The van der Waals surface area contributed by atoms with E-state index in [9.17, 15) is 14.0 Å². The number of hydrogen-bond acceptors (Lipinski definition) is 2. The van der Waals surface area contributed by atoms with E-state index in [4.69, 9.17) is 5.73 Å². The van der Waals surface area contributed by atoms with E-state index in [0.29, 0.717) is 11.3 Å². The van der Waals surface area contributed by atoms with Gasteiger partial charge in [0.2, 0.25) is 0 Å². The van der Waals surface area contributed by atoms with Crippen molar-refractivity contribution >= 4 is 23.3 Å². The number of nitrogens with two attached hydrogens (primary N) is 1. The minimum Gasteiger partial charge on any atom is -0.351 e. The van der Waals surface area contributed by atoms with Crippen LogP contribution >= 0.6 is 0 Å². The summed E-state index contributed by atoms with van der Waals surface area (Å²) in [4.78, 5) is 22.7. The molecule has 0 spiro atoms. The van der Waals surface area contributed by atoms with Crippen LogP contribution in [0, 0.1) is 12.7 Å². The van der Waals surface area contributed by atoms with Crippen molar-refractivity contribution in [3.8, 4) is 0 Å². The van der Waals surface area contributed by atoms with Crippen LogP contribution in [0.1, 0.15) is 15.9 Å². The van der Waals surface area contributed by atoms with Crippen molar-refractivity contribution in [2.45, 2.75) is 6.92 Å². The molecule has 0 aliphatic rings. The molecule has 2 aromatic carbocycles. The van der Waals surface area contributed by atoms with E-state index < -0.39 is 17.8 Å². The molecule has 108 valence electrons. The van der Waals surface area contributed by atoms with E-state index in [1.807, 2.05) is 0 Å². The molecule has 0 radical (unpaired) electrons. The molecule has 0 fully saturated rings. The van der Waals surface area contributed by atoms with Gasteiger partial charge in [0.25, 0.3) is 5.91 Å². The minimum atomic E-state index is -0.686. The first-order valence-corrected chi connectivity index (χ1v) is 6.20. The predicted octanol–water partition coefficient (Wildman–Crippen LogP) is 2.88. The number of anilines is 2. The highest BCUT2D eigenvalue weighted by molar-refractivity contribution is 6.04. The Hall–Kier alpha value is -2.89. The van der Waals surface area contributed by atoms with E-state index >= 15 is 0 Å². The van der Waals surface area contributed by atoms with Crippen molar-refractivity contribution in [1.29, 1.82) is 0 Å². The molecular formula is C15H14FN3O2. The zero-order chi connectivity index (χ0) is 15.4. The van der Waals surface area contributed by atoms with Gasteiger partial charge in [0.15, 0.2) is 0 Å². The molecule has 0 unspecified atom stereocenters. The summed E-state index contributed by atoms with van der Waals surface area (Å²) in [6.07, 6.45) is 0. The van der Waals surface area contributed by atoms with Crippen LogP contribution < -0.4 is 16.4 Å². The lowest BCUT2D eigenvalue weighted by molar-refractivity contribution is 0.102. The third kappa shape index (κ3) is 3.79. The summed E-state index contributed by atoms with van der Waals surface area (Å²) in [6.45, 7) is 1.80. The summed E-state index contributed by atoms with van der Waals surface area (Å²) >= 11 is 0. The Balaban J connectivity index is 2.13. The molecule has 3 amide bonds. The third-order valence-corrected chi connectivity index (χ3v) is 2.78. The molecule has 4 N–H and O–H groups in total. The standard InChI is InChI=1S/C15H14FN3O2/c1-9-2-7-12(16)13(8-9)19-14(20)10-3-5-11(6-4-10)18-15(17)21/h2-8H,1H3,(H,19,20)(H3,17,18,21). The van der Waals surface area contributed by atoms with Crippen molar-refractivity contribution in [1.82, 2.24) is 0 Å². The van der Waals surface area contributed by atoms with Crippen LogP contribution in [0.4, 0.5) is 20.6 Å². The van der Waals surface area contributed by atoms with Crippen molar-refractivity contribution in [2.75, 3.05) is 10.6 Å². The van der Waals surface area contributed by atoms with Gasteiger partial charge in [-0.25, -0.2) is 9.18 Å². The number of nitrogens with one attached hydrogen (secondary N) is 2. The summed E-state index contributed by atoms with van der Waals surface area (Å²) in [5, 5.41) is 4.89. The first-order valence-electron chi connectivity index (χ1n) is 6.20. The van der Waals surface area contributed by atoms with Crippen LogP contribution in [0.2, 0.25) is 0 Å². The second kappa shape index (κ2) is 6.04. The van der Waals surface area contributed by atoms with E-state index in [1.165, 1.54) is 30.3 Å². The van der Waals surface area contributed by atoms with E-state index in [1.54, 1.807) is 19.1 Å². The average Bonchev–Trinajstić information content (AvgIpc) is 2.43. The Labute approximate surface area is 121 Å². The van der Waals surface area contributed by atoms with Gasteiger partial charge in [0, 0.05) is 11.3 Å². The fraction of sp³-hybridized carbons (Fsp3) is 0.0667. The number of amides is 3. The Morgan fingerprint density at radius 2 is 1.71 bits per heavy atom. The van der Waals surface area contributed by atoms with E-state index in [2.05, 4.69) is 10.6 Å². The summed E-state index contributed by atoms with van der Waals surface area (Å²) in [7, 11) is 0. The SMILES string of the molecule is Cc1ccc(F)c(NC(=O)c2ccc(NC(N)=O)cc2)c1. The molecule has 0 aliphatic heterocycles. The van der Waals surface area contributed by atoms with Crippen LogP contribution in [-0.4, -0.2) is 11.9 Å². The second-order valence-electron chi connectivity index (χ2n) is 4.50. The van der Waals surface area contributed by atoms with Crippen molar-refractivity contribution in [3.05, 3.63) is 59.4 Å². The van der Waals surface area contributed by atoms with Crippen molar-refractivity contribution in [2.24, 2.45) is 5.73 Å². The summed E-state index contributed by atoms with van der Waals surface area (Å²) in [6, 6.07) is 9.87. The molecule has 2 aromatic rings. The van der Waals surface area contributed by atoms with Crippen LogP contribution in [0.25, 0.3) is 0 Å². The van der Waals surface area contributed by atoms with E-state index in [0.717, 1.165) is 5.56 Å². The molecule has 0 saturated heterocycles. The molecule has 0 saturated carbocycles. The molecule has 0 aromatic heterocycles. The van der Waals surface area contributed by atoms with Crippen LogP contribution in [0.5, 0.6) is 0 Å². The van der Waals surface area contributed by atoms with Crippen LogP contribution in [-0.2, 0) is 0 Å². The molecule has 2 rings (SSSR count). The first-order chi connectivity index (χ1) is 9.95. The molecule has 0 aliphatic carbocycles. The lowest BCUT2D eigenvalue weighted by atomic mass is 10.1. The third-order valence-electron chi connectivity index (χ3n) is 2.78. The largest absolute Gasteiger partial charge is 0.351 e. The highest BCUT2D eigenvalue weighted by atomic mass is 19.1. The summed E-state index contributed by atoms with van der Waals surface area (Å²) in [5.74, 6) is -0.939. The van der Waals surface area contributed by atoms with Gasteiger partial charge in [-0.15, -0.1) is 0 Å². The topological polar surface area (TPSA) is 84.2 Å². The Kier molecular flexibility index (Phi) is 4.18. The first kappa shape index (κ1) is 14.5. The van der Waals surface area contributed by atoms with Gasteiger partial charge >= 0.3 is 6.03 Å². The monoisotopic (exact) mass is 287 g/mol. The highest BCUT2D eigenvalue weighted by Crippen LogP contribution is 2.17. The molecule has 0 atom stereocenters. The Morgan fingerprint density at radius 1 is 1.05 bits per heavy atom. The number of halogens is 1.